The van der Waals surface area contributed by atoms with E-state index in [4.69, 9.17) is 28.9 Å². The van der Waals surface area contributed by atoms with Crippen LogP contribution >= 0.6 is 23.2 Å². The third kappa shape index (κ3) is 3.03. The molecule has 4 heteroatoms. The van der Waals surface area contributed by atoms with Gasteiger partial charge in [-0.3, -0.25) is 4.79 Å². The Labute approximate surface area is 115 Å². The molecule has 2 nitrogen and oxygen atoms in total. The molecule has 2 rings (SSSR count). The molecule has 0 aliphatic rings. The van der Waals surface area contributed by atoms with Gasteiger partial charge in [0.25, 0.3) is 0 Å². The Hall–Kier alpha value is -1.51. The van der Waals surface area contributed by atoms with Crippen LogP contribution in [-0.2, 0) is 6.42 Å². The first-order valence-corrected chi connectivity index (χ1v) is 6.14. The van der Waals surface area contributed by atoms with E-state index in [9.17, 15) is 4.79 Å². The fourth-order valence-corrected chi connectivity index (χ4v) is 1.90. The van der Waals surface area contributed by atoms with E-state index in [0.29, 0.717) is 27.7 Å². The van der Waals surface area contributed by atoms with Crippen LogP contribution in [0.3, 0.4) is 0 Å². The predicted molar refractivity (Wildman–Crippen MR) is 75.4 cm³/mol. The number of anilines is 1. The van der Waals surface area contributed by atoms with Crippen molar-refractivity contribution in [2.75, 3.05) is 5.73 Å². The van der Waals surface area contributed by atoms with Crippen molar-refractivity contribution in [3.63, 3.8) is 0 Å². The molecule has 0 aliphatic carbocycles. The summed E-state index contributed by atoms with van der Waals surface area (Å²) in [6.07, 6.45) is 0.317. The minimum absolute atomic E-state index is 0.000720. The molecule has 0 radical (unpaired) electrons. The lowest BCUT2D eigenvalue weighted by atomic mass is 10.0. The van der Waals surface area contributed by atoms with Crippen LogP contribution < -0.4 is 5.73 Å². The summed E-state index contributed by atoms with van der Waals surface area (Å²) < 4.78 is 0. The summed E-state index contributed by atoms with van der Waals surface area (Å²) in [7, 11) is 0. The average Bonchev–Trinajstić information content (AvgIpc) is 2.35. The van der Waals surface area contributed by atoms with Crippen molar-refractivity contribution in [3.05, 3.63) is 63.6 Å². The molecule has 0 heterocycles. The van der Waals surface area contributed by atoms with E-state index in [2.05, 4.69) is 0 Å². The third-order valence-corrected chi connectivity index (χ3v) is 3.18. The molecule has 0 fully saturated rings. The van der Waals surface area contributed by atoms with Crippen molar-refractivity contribution in [1.82, 2.24) is 0 Å². The van der Waals surface area contributed by atoms with Crippen molar-refractivity contribution in [2.24, 2.45) is 0 Å². The Bertz CT molecular complexity index is 579. The number of carbonyl (C=O) groups is 1. The summed E-state index contributed by atoms with van der Waals surface area (Å²) in [6.45, 7) is 0. The summed E-state index contributed by atoms with van der Waals surface area (Å²) >= 11 is 11.7. The Morgan fingerprint density at radius 2 is 1.72 bits per heavy atom. The van der Waals surface area contributed by atoms with Gasteiger partial charge in [-0.25, -0.2) is 0 Å². The van der Waals surface area contributed by atoms with Crippen LogP contribution in [0.1, 0.15) is 15.9 Å². The molecule has 92 valence electrons. The van der Waals surface area contributed by atoms with E-state index >= 15 is 0 Å². The van der Waals surface area contributed by atoms with Gasteiger partial charge < -0.3 is 5.73 Å². The zero-order chi connectivity index (χ0) is 13.1. The monoisotopic (exact) mass is 279 g/mol. The van der Waals surface area contributed by atoms with E-state index in [1.807, 2.05) is 12.1 Å². The standard InChI is InChI=1S/C14H11Cl2NO/c15-11-4-1-9(2-5-11)7-14(18)10-3-6-13(17)12(16)8-10/h1-6,8H,7,17H2. The maximum absolute atomic E-state index is 12.0. The first kappa shape index (κ1) is 12.9. The first-order valence-electron chi connectivity index (χ1n) is 5.39. The van der Waals surface area contributed by atoms with Crippen molar-refractivity contribution in [3.8, 4) is 0 Å². The normalized spacial score (nSPS) is 10.3. The number of halogens is 2. The molecule has 0 aliphatic heterocycles. The highest BCUT2D eigenvalue weighted by Crippen LogP contribution is 2.21. The molecule has 0 saturated carbocycles. The highest BCUT2D eigenvalue weighted by atomic mass is 35.5. The van der Waals surface area contributed by atoms with Crippen LogP contribution in [0.4, 0.5) is 5.69 Å². The number of nitrogen functional groups attached to an aromatic ring is 1. The molecule has 0 amide bonds. The Morgan fingerprint density at radius 1 is 1.06 bits per heavy atom. The molecule has 2 aromatic rings. The second-order valence-electron chi connectivity index (χ2n) is 3.96. The molecule has 2 N–H and O–H groups in total. The number of carbonyl (C=O) groups excluding carboxylic acids is 1. The number of benzene rings is 2. The lowest BCUT2D eigenvalue weighted by molar-refractivity contribution is 0.0993. The number of nitrogens with two attached hydrogens (primary N) is 1. The van der Waals surface area contributed by atoms with Crippen LogP contribution in [0.2, 0.25) is 10.0 Å². The molecule has 0 unspecified atom stereocenters. The minimum atomic E-state index is -0.000720. The number of hydrogen-bond donors (Lipinski definition) is 1. The van der Waals surface area contributed by atoms with Crippen molar-refractivity contribution in [1.29, 1.82) is 0 Å². The molecule has 18 heavy (non-hydrogen) atoms. The van der Waals surface area contributed by atoms with Crippen molar-refractivity contribution in [2.45, 2.75) is 6.42 Å². The third-order valence-electron chi connectivity index (χ3n) is 2.60. The van der Waals surface area contributed by atoms with Crippen LogP contribution in [0.5, 0.6) is 0 Å². The highest BCUT2D eigenvalue weighted by molar-refractivity contribution is 6.33. The predicted octanol–water partition coefficient (Wildman–Crippen LogP) is 4.00. The molecule has 0 spiro atoms. The van der Waals surface area contributed by atoms with Crippen LogP contribution in [0.25, 0.3) is 0 Å². The Kier molecular flexibility index (Phi) is 3.90. The molecule has 0 saturated heterocycles. The molecule has 2 aromatic carbocycles. The zero-order valence-electron chi connectivity index (χ0n) is 9.49. The van der Waals surface area contributed by atoms with Gasteiger partial charge in [0, 0.05) is 17.0 Å². The van der Waals surface area contributed by atoms with E-state index in [-0.39, 0.29) is 5.78 Å². The number of hydrogen-bond acceptors (Lipinski definition) is 2. The second kappa shape index (κ2) is 5.42. The van der Waals surface area contributed by atoms with Crippen LogP contribution in [0, 0.1) is 0 Å². The van der Waals surface area contributed by atoms with Gasteiger partial charge in [0.1, 0.15) is 0 Å². The van der Waals surface area contributed by atoms with Crippen LogP contribution in [0.15, 0.2) is 42.5 Å². The first-order chi connectivity index (χ1) is 8.56. The molecule has 0 aromatic heterocycles. The van der Waals surface area contributed by atoms with Gasteiger partial charge in [-0.2, -0.15) is 0 Å². The van der Waals surface area contributed by atoms with E-state index in [0.717, 1.165) is 5.56 Å². The van der Waals surface area contributed by atoms with Gasteiger partial charge in [-0.05, 0) is 35.9 Å². The Balaban J connectivity index is 2.16. The minimum Gasteiger partial charge on any atom is -0.398 e. The lowest BCUT2D eigenvalue weighted by Gasteiger charge is -2.04. The maximum atomic E-state index is 12.0. The van der Waals surface area contributed by atoms with Crippen LogP contribution in [-0.4, -0.2) is 5.78 Å². The average molecular weight is 280 g/mol. The topological polar surface area (TPSA) is 43.1 Å². The maximum Gasteiger partial charge on any atom is 0.167 e. The van der Waals surface area contributed by atoms with E-state index in [1.165, 1.54) is 0 Å². The number of ketones is 1. The quantitative estimate of drug-likeness (QED) is 0.682. The smallest absolute Gasteiger partial charge is 0.167 e. The van der Waals surface area contributed by atoms with Gasteiger partial charge in [-0.15, -0.1) is 0 Å². The SMILES string of the molecule is Nc1ccc(C(=O)Cc2ccc(Cl)cc2)cc1Cl. The van der Waals surface area contributed by atoms with Crippen molar-refractivity contribution < 1.29 is 4.79 Å². The molecular weight excluding hydrogens is 269 g/mol. The fraction of sp³-hybridized carbons (Fsp3) is 0.0714. The fourth-order valence-electron chi connectivity index (χ4n) is 1.59. The largest absolute Gasteiger partial charge is 0.398 e. The van der Waals surface area contributed by atoms with Gasteiger partial charge in [0.2, 0.25) is 0 Å². The molecular formula is C14H11Cl2NO. The summed E-state index contributed by atoms with van der Waals surface area (Å²) in [4.78, 5) is 12.0. The van der Waals surface area contributed by atoms with Gasteiger partial charge >= 0.3 is 0 Å². The zero-order valence-corrected chi connectivity index (χ0v) is 11.0. The number of Topliss-reactive ketones (excluding diaryl/α,β-unsaturated/α-hetero) is 1. The summed E-state index contributed by atoms with van der Waals surface area (Å²) in [6, 6.07) is 12.1. The summed E-state index contributed by atoms with van der Waals surface area (Å²) in [5.41, 5.74) is 7.55. The Morgan fingerprint density at radius 3 is 2.33 bits per heavy atom. The summed E-state index contributed by atoms with van der Waals surface area (Å²) in [5.74, 6) is -0.000720. The lowest BCUT2D eigenvalue weighted by Crippen LogP contribution is -2.04. The van der Waals surface area contributed by atoms with Gasteiger partial charge in [0.05, 0.1) is 10.7 Å². The molecule has 0 bridgehead atoms. The summed E-state index contributed by atoms with van der Waals surface area (Å²) in [5, 5.41) is 1.05. The van der Waals surface area contributed by atoms with Gasteiger partial charge in [0.15, 0.2) is 5.78 Å². The van der Waals surface area contributed by atoms with E-state index < -0.39 is 0 Å². The van der Waals surface area contributed by atoms with E-state index in [1.54, 1.807) is 30.3 Å². The molecule has 0 atom stereocenters. The van der Waals surface area contributed by atoms with Gasteiger partial charge in [-0.1, -0.05) is 35.3 Å². The number of rotatable bonds is 3. The van der Waals surface area contributed by atoms with Crippen molar-refractivity contribution >= 4 is 34.7 Å². The second-order valence-corrected chi connectivity index (χ2v) is 4.81. The highest BCUT2D eigenvalue weighted by Gasteiger charge is 2.08.